The molecular weight excluding hydrogens is 351 g/mol. The summed E-state index contributed by atoms with van der Waals surface area (Å²) in [5.41, 5.74) is -6.13. The number of hydrogen-bond acceptors (Lipinski definition) is 5. The van der Waals surface area contributed by atoms with E-state index in [0.29, 0.717) is 25.7 Å². The standard InChI is InChI=1S/C14H22F3NO5S/c1-13(2,3)12(20)23-10-6-4-9(5-7-10)8-11(19)18-24(21,22)14(15,16)17/h9-10H,4-8H2,1-3H3,(H,18,19). The van der Waals surface area contributed by atoms with Crippen LogP contribution in [0.4, 0.5) is 13.2 Å². The number of hydrogen-bond donors (Lipinski definition) is 1. The Hall–Kier alpha value is -1.32. The van der Waals surface area contributed by atoms with Gasteiger partial charge in [0.2, 0.25) is 5.91 Å². The van der Waals surface area contributed by atoms with Crippen molar-refractivity contribution in [3.05, 3.63) is 0 Å². The highest BCUT2D eigenvalue weighted by Crippen LogP contribution is 2.30. The van der Waals surface area contributed by atoms with Crippen LogP contribution in [-0.2, 0) is 24.3 Å². The normalized spacial score (nSPS) is 22.8. The molecule has 10 heteroatoms. The fraction of sp³-hybridized carbons (Fsp3) is 0.857. The van der Waals surface area contributed by atoms with Crippen molar-refractivity contribution in [2.24, 2.45) is 11.3 Å². The number of alkyl halides is 3. The molecule has 1 N–H and O–H groups in total. The molecule has 1 aliphatic rings. The largest absolute Gasteiger partial charge is 0.516 e. The summed E-state index contributed by atoms with van der Waals surface area (Å²) in [7, 11) is -5.66. The van der Waals surface area contributed by atoms with Gasteiger partial charge in [-0.25, -0.2) is 4.72 Å². The van der Waals surface area contributed by atoms with Gasteiger partial charge in [-0.1, -0.05) is 0 Å². The minimum atomic E-state index is -5.66. The molecule has 6 nitrogen and oxygen atoms in total. The summed E-state index contributed by atoms with van der Waals surface area (Å²) in [6.07, 6.45) is 1.34. The number of carbonyl (C=O) groups excluding carboxylic acids is 2. The summed E-state index contributed by atoms with van der Waals surface area (Å²) in [5, 5.41) is 0. The van der Waals surface area contributed by atoms with Crippen molar-refractivity contribution in [2.75, 3.05) is 0 Å². The van der Waals surface area contributed by atoms with E-state index in [2.05, 4.69) is 0 Å². The maximum absolute atomic E-state index is 12.2. The summed E-state index contributed by atoms with van der Waals surface area (Å²) in [4.78, 5) is 23.3. The Morgan fingerprint density at radius 1 is 1.08 bits per heavy atom. The van der Waals surface area contributed by atoms with Crippen LogP contribution in [0.5, 0.6) is 0 Å². The molecule has 0 heterocycles. The first-order valence-corrected chi connectivity index (χ1v) is 9.03. The highest BCUT2D eigenvalue weighted by Gasteiger charge is 2.47. The van der Waals surface area contributed by atoms with Crippen LogP contribution in [0.15, 0.2) is 0 Å². The van der Waals surface area contributed by atoms with Gasteiger partial charge in [-0.15, -0.1) is 0 Å². The van der Waals surface area contributed by atoms with Gasteiger partial charge in [-0.2, -0.15) is 21.6 Å². The smallest absolute Gasteiger partial charge is 0.462 e. The van der Waals surface area contributed by atoms with E-state index < -0.39 is 26.9 Å². The minimum Gasteiger partial charge on any atom is -0.462 e. The second-order valence-corrected chi connectivity index (χ2v) is 8.65. The van der Waals surface area contributed by atoms with Gasteiger partial charge in [0.1, 0.15) is 6.10 Å². The maximum atomic E-state index is 12.2. The van der Waals surface area contributed by atoms with Crippen molar-refractivity contribution < 1.29 is 35.9 Å². The molecule has 1 amide bonds. The topological polar surface area (TPSA) is 89.5 Å². The van der Waals surface area contributed by atoms with Crippen molar-refractivity contribution in [3.8, 4) is 0 Å². The number of carbonyl (C=O) groups is 2. The molecular formula is C14H22F3NO5S. The van der Waals surface area contributed by atoms with E-state index in [-0.39, 0.29) is 24.4 Å². The highest BCUT2D eigenvalue weighted by atomic mass is 32.2. The lowest BCUT2D eigenvalue weighted by molar-refractivity contribution is -0.160. The molecule has 1 rings (SSSR count). The SMILES string of the molecule is CC(C)(C)C(=O)OC1CCC(CC(=O)NS(=O)(=O)C(F)(F)F)CC1. The number of esters is 1. The number of halogens is 3. The summed E-state index contributed by atoms with van der Waals surface area (Å²) in [6.45, 7) is 5.19. The number of rotatable bonds is 4. The molecule has 140 valence electrons. The summed E-state index contributed by atoms with van der Waals surface area (Å²) >= 11 is 0. The Bertz CT molecular complexity index is 572. The fourth-order valence-electron chi connectivity index (χ4n) is 2.29. The van der Waals surface area contributed by atoms with E-state index in [4.69, 9.17) is 4.74 Å². The van der Waals surface area contributed by atoms with Crippen LogP contribution in [0.2, 0.25) is 0 Å². The van der Waals surface area contributed by atoms with Gasteiger partial charge >= 0.3 is 21.5 Å². The third-order valence-corrected chi connectivity index (χ3v) is 4.81. The molecule has 0 aromatic carbocycles. The Morgan fingerprint density at radius 2 is 1.58 bits per heavy atom. The van der Waals surface area contributed by atoms with Crippen molar-refractivity contribution in [1.82, 2.24) is 4.72 Å². The predicted molar refractivity (Wildman–Crippen MR) is 79.0 cm³/mol. The fourth-order valence-corrected chi connectivity index (χ4v) is 2.79. The highest BCUT2D eigenvalue weighted by molar-refractivity contribution is 7.90. The van der Waals surface area contributed by atoms with E-state index in [1.54, 1.807) is 20.8 Å². The molecule has 0 unspecified atom stereocenters. The van der Waals surface area contributed by atoms with Crippen molar-refractivity contribution in [2.45, 2.75) is 64.5 Å². The monoisotopic (exact) mass is 373 g/mol. The van der Waals surface area contributed by atoms with Crippen LogP contribution >= 0.6 is 0 Å². The molecule has 1 fully saturated rings. The molecule has 0 bridgehead atoms. The number of nitrogens with one attached hydrogen (secondary N) is 1. The van der Waals surface area contributed by atoms with Gasteiger partial charge < -0.3 is 4.74 Å². The molecule has 0 aromatic rings. The van der Waals surface area contributed by atoms with Crippen LogP contribution in [0.25, 0.3) is 0 Å². The van der Waals surface area contributed by atoms with Crippen molar-refractivity contribution in [3.63, 3.8) is 0 Å². The molecule has 1 aliphatic carbocycles. The van der Waals surface area contributed by atoms with Crippen LogP contribution in [0, 0.1) is 11.3 Å². The number of sulfonamides is 1. The van der Waals surface area contributed by atoms with Gasteiger partial charge in [0.05, 0.1) is 5.41 Å². The molecule has 1 saturated carbocycles. The minimum absolute atomic E-state index is 0.238. The van der Waals surface area contributed by atoms with E-state index >= 15 is 0 Å². The summed E-state index contributed by atoms with van der Waals surface area (Å²) < 4.78 is 64.7. The van der Waals surface area contributed by atoms with Gasteiger partial charge in [0.15, 0.2) is 0 Å². The lowest BCUT2D eigenvalue weighted by atomic mass is 9.85. The van der Waals surface area contributed by atoms with Crippen LogP contribution in [-0.4, -0.2) is 31.9 Å². The van der Waals surface area contributed by atoms with Crippen LogP contribution in [0.1, 0.15) is 52.9 Å². The van der Waals surface area contributed by atoms with Crippen LogP contribution in [0.3, 0.4) is 0 Å². The molecule has 0 saturated heterocycles. The third kappa shape index (κ3) is 5.95. The molecule has 0 atom stereocenters. The first-order valence-electron chi connectivity index (χ1n) is 7.55. The van der Waals surface area contributed by atoms with Gasteiger partial charge in [0, 0.05) is 6.42 Å². The Balaban J connectivity index is 2.44. The zero-order chi connectivity index (χ0) is 18.8. The van der Waals surface area contributed by atoms with E-state index in [1.165, 1.54) is 0 Å². The van der Waals surface area contributed by atoms with Crippen molar-refractivity contribution in [1.29, 1.82) is 0 Å². The summed E-state index contributed by atoms with van der Waals surface area (Å²) in [5.74, 6) is -1.75. The first-order chi connectivity index (χ1) is 10.7. The molecule has 0 radical (unpaired) electrons. The third-order valence-electron chi connectivity index (χ3n) is 3.71. The Kier molecular flexibility index (Phi) is 6.29. The zero-order valence-corrected chi connectivity index (χ0v) is 14.6. The van der Waals surface area contributed by atoms with E-state index in [9.17, 15) is 31.2 Å². The lowest BCUT2D eigenvalue weighted by Gasteiger charge is -2.30. The Morgan fingerprint density at radius 3 is 2.00 bits per heavy atom. The molecule has 0 aliphatic heterocycles. The van der Waals surface area contributed by atoms with Gasteiger partial charge in [-0.3, -0.25) is 9.59 Å². The maximum Gasteiger partial charge on any atom is 0.516 e. The predicted octanol–water partition coefficient (Wildman–Crippen LogP) is 2.49. The van der Waals surface area contributed by atoms with Gasteiger partial charge in [0.25, 0.3) is 0 Å². The van der Waals surface area contributed by atoms with Crippen LogP contribution < -0.4 is 4.72 Å². The zero-order valence-electron chi connectivity index (χ0n) is 13.8. The molecule has 0 spiro atoms. The summed E-state index contributed by atoms with van der Waals surface area (Å²) in [6, 6.07) is 0. The second kappa shape index (κ2) is 7.28. The van der Waals surface area contributed by atoms with E-state index in [0.717, 1.165) is 4.72 Å². The van der Waals surface area contributed by atoms with Crippen molar-refractivity contribution >= 4 is 21.9 Å². The molecule has 0 aromatic heterocycles. The van der Waals surface area contributed by atoms with E-state index in [1.807, 2.05) is 0 Å². The lowest BCUT2D eigenvalue weighted by Crippen LogP contribution is -2.41. The second-order valence-electron chi connectivity index (χ2n) is 6.98. The quantitative estimate of drug-likeness (QED) is 0.765. The average molecular weight is 373 g/mol. The van der Waals surface area contributed by atoms with Gasteiger partial charge in [-0.05, 0) is 52.4 Å². The average Bonchev–Trinajstić information content (AvgIpc) is 2.37. The molecule has 24 heavy (non-hydrogen) atoms. The first kappa shape index (κ1) is 20.7. The Labute approximate surface area is 139 Å². The number of amides is 1. The number of ether oxygens (including phenoxy) is 1.